The quantitative estimate of drug-likeness (QED) is 0.778. The average Bonchev–Trinajstić information content (AvgIpc) is 2.72. The number of ether oxygens (including phenoxy) is 1. The van der Waals surface area contributed by atoms with Gasteiger partial charge in [0.2, 0.25) is 0 Å². The molecular formula is C21H27N3O2. The van der Waals surface area contributed by atoms with Crippen LogP contribution in [-0.4, -0.2) is 57.2 Å². The predicted molar refractivity (Wildman–Crippen MR) is 105 cm³/mol. The maximum atomic E-state index is 12.0. The third kappa shape index (κ3) is 4.76. The van der Waals surface area contributed by atoms with Crippen LogP contribution in [0.5, 0.6) is 5.75 Å². The van der Waals surface area contributed by atoms with Crippen LogP contribution in [-0.2, 0) is 0 Å². The van der Waals surface area contributed by atoms with Crippen molar-refractivity contribution in [3.05, 3.63) is 60.2 Å². The molecule has 0 aliphatic carbocycles. The first-order chi connectivity index (χ1) is 12.8. The van der Waals surface area contributed by atoms with Crippen molar-refractivity contribution in [3.8, 4) is 5.75 Å². The second-order valence-electron chi connectivity index (χ2n) is 6.48. The van der Waals surface area contributed by atoms with E-state index in [-0.39, 0.29) is 5.91 Å². The molecule has 5 heteroatoms. The molecule has 1 amide bonds. The third-order valence-corrected chi connectivity index (χ3v) is 4.77. The van der Waals surface area contributed by atoms with Crippen molar-refractivity contribution in [3.63, 3.8) is 0 Å². The van der Waals surface area contributed by atoms with E-state index in [4.69, 9.17) is 4.74 Å². The van der Waals surface area contributed by atoms with Gasteiger partial charge in [0.25, 0.3) is 5.91 Å². The fraction of sp³-hybridized carbons (Fsp3) is 0.381. The summed E-state index contributed by atoms with van der Waals surface area (Å²) in [7, 11) is 1.72. The van der Waals surface area contributed by atoms with Gasteiger partial charge in [-0.2, -0.15) is 0 Å². The summed E-state index contributed by atoms with van der Waals surface area (Å²) in [6, 6.07) is 17.6. The maximum Gasteiger partial charge on any atom is 0.251 e. The summed E-state index contributed by atoms with van der Waals surface area (Å²) in [5, 5.41) is 3.00. The van der Waals surface area contributed by atoms with Gasteiger partial charge in [0.15, 0.2) is 0 Å². The Balaban J connectivity index is 1.37. The Kier molecular flexibility index (Phi) is 6.50. The number of carbonyl (C=O) groups excluding carboxylic acids is 1. The number of hydrogen-bond donors (Lipinski definition) is 1. The van der Waals surface area contributed by atoms with E-state index >= 15 is 0 Å². The van der Waals surface area contributed by atoms with Crippen molar-refractivity contribution in [1.29, 1.82) is 0 Å². The molecule has 3 rings (SSSR count). The molecule has 1 aliphatic rings. The summed E-state index contributed by atoms with van der Waals surface area (Å²) in [6.45, 7) is 5.78. The molecule has 0 radical (unpaired) electrons. The molecule has 0 atom stereocenters. The zero-order valence-corrected chi connectivity index (χ0v) is 15.4. The molecule has 26 heavy (non-hydrogen) atoms. The van der Waals surface area contributed by atoms with Crippen LogP contribution in [0.3, 0.4) is 0 Å². The van der Waals surface area contributed by atoms with Gasteiger partial charge in [0.05, 0.1) is 12.8 Å². The average molecular weight is 353 g/mol. The molecule has 1 saturated heterocycles. The molecule has 1 heterocycles. The smallest absolute Gasteiger partial charge is 0.251 e. The lowest BCUT2D eigenvalue weighted by Gasteiger charge is -2.36. The number of carbonyl (C=O) groups is 1. The number of rotatable bonds is 7. The van der Waals surface area contributed by atoms with Gasteiger partial charge in [-0.3, -0.25) is 9.69 Å². The van der Waals surface area contributed by atoms with Gasteiger partial charge in [-0.1, -0.05) is 30.3 Å². The molecule has 1 fully saturated rings. The lowest BCUT2D eigenvalue weighted by Crippen LogP contribution is -2.47. The third-order valence-electron chi connectivity index (χ3n) is 4.77. The Morgan fingerprint density at radius 2 is 1.69 bits per heavy atom. The standard InChI is InChI=1S/C21H27N3O2/c1-26-20-11-6-5-10-19(20)24-16-14-23(15-17-24)13-7-12-22-21(25)18-8-3-2-4-9-18/h2-6,8-11H,7,12-17H2,1H3,(H,22,25). The number of benzene rings is 2. The number of nitrogens with one attached hydrogen (secondary N) is 1. The molecule has 1 N–H and O–H groups in total. The first kappa shape index (κ1) is 18.3. The lowest BCUT2D eigenvalue weighted by atomic mass is 10.2. The zero-order valence-electron chi connectivity index (χ0n) is 15.4. The van der Waals surface area contributed by atoms with Crippen LogP contribution >= 0.6 is 0 Å². The van der Waals surface area contributed by atoms with E-state index < -0.39 is 0 Å². The van der Waals surface area contributed by atoms with Gasteiger partial charge in [-0.15, -0.1) is 0 Å². The molecule has 5 nitrogen and oxygen atoms in total. The summed E-state index contributed by atoms with van der Waals surface area (Å²) in [5.74, 6) is 0.941. The topological polar surface area (TPSA) is 44.8 Å². The van der Waals surface area contributed by atoms with Crippen LogP contribution in [0.25, 0.3) is 0 Å². The van der Waals surface area contributed by atoms with E-state index in [2.05, 4.69) is 27.2 Å². The van der Waals surface area contributed by atoms with Crippen LogP contribution in [0.2, 0.25) is 0 Å². The number of para-hydroxylation sites is 2. The number of hydrogen-bond acceptors (Lipinski definition) is 4. The molecule has 0 bridgehead atoms. The lowest BCUT2D eigenvalue weighted by molar-refractivity contribution is 0.0951. The minimum atomic E-state index is 0.00610. The molecule has 2 aromatic carbocycles. The number of methoxy groups -OCH3 is 1. The molecule has 0 unspecified atom stereocenters. The van der Waals surface area contributed by atoms with E-state index in [0.29, 0.717) is 6.54 Å². The summed E-state index contributed by atoms with van der Waals surface area (Å²) in [6.07, 6.45) is 0.966. The number of anilines is 1. The van der Waals surface area contributed by atoms with Crippen molar-refractivity contribution < 1.29 is 9.53 Å². The summed E-state index contributed by atoms with van der Waals surface area (Å²) in [5.41, 5.74) is 1.89. The van der Waals surface area contributed by atoms with Crippen molar-refractivity contribution in [1.82, 2.24) is 10.2 Å². The fourth-order valence-corrected chi connectivity index (χ4v) is 3.30. The SMILES string of the molecule is COc1ccccc1N1CCN(CCCNC(=O)c2ccccc2)CC1. The van der Waals surface area contributed by atoms with Crippen LogP contribution in [0.15, 0.2) is 54.6 Å². The van der Waals surface area contributed by atoms with E-state index in [1.165, 1.54) is 5.69 Å². The first-order valence-electron chi connectivity index (χ1n) is 9.21. The van der Waals surface area contributed by atoms with E-state index in [0.717, 1.165) is 50.5 Å². The van der Waals surface area contributed by atoms with E-state index in [1.54, 1.807) is 7.11 Å². The number of amides is 1. The van der Waals surface area contributed by atoms with Gasteiger partial charge in [0, 0.05) is 38.3 Å². The normalized spacial score (nSPS) is 14.9. The maximum absolute atomic E-state index is 12.0. The number of piperazine rings is 1. The van der Waals surface area contributed by atoms with E-state index in [9.17, 15) is 4.79 Å². The second kappa shape index (κ2) is 9.25. The summed E-state index contributed by atoms with van der Waals surface area (Å²) >= 11 is 0. The van der Waals surface area contributed by atoms with Crippen LogP contribution < -0.4 is 15.0 Å². The fourth-order valence-electron chi connectivity index (χ4n) is 3.30. The first-order valence-corrected chi connectivity index (χ1v) is 9.21. The highest BCUT2D eigenvalue weighted by Gasteiger charge is 2.19. The molecule has 138 valence electrons. The Morgan fingerprint density at radius 3 is 2.42 bits per heavy atom. The van der Waals surface area contributed by atoms with Crippen molar-refractivity contribution in [2.24, 2.45) is 0 Å². The van der Waals surface area contributed by atoms with Gasteiger partial charge in [0.1, 0.15) is 5.75 Å². The minimum Gasteiger partial charge on any atom is -0.495 e. The molecule has 0 aromatic heterocycles. The van der Waals surface area contributed by atoms with Crippen LogP contribution in [0.4, 0.5) is 5.69 Å². The number of nitrogens with zero attached hydrogens (tertiary/aromatic N) is 2. The van der Waals surface area contributed by atoms with E-state index in [1.807, 2.05) is 42.5 Å². The van der Waals surface area contributed by atoms with Gasteiger partial charge >= 0.3 is 0 Å². The Hall–Kier alpha value is -2.53. The van der Waals surface area contributed by atoms with Gasteiger partial charge < -0.3 is 15.0 Å². The monoisotopic (exact) mass is 353 g/mol. The largest absolute Gasteiger partial charge is 0.495 e. The summed E-state index contributed by atoms with van der Waals surface area (Å²) < 4.78 is 5.47. The predicted octanol–water partition coefficient (Wildman–Crippen LogP) is 2.64. The Labute approximate surface area is 155 Å². The molecule has 0 saturated carbocycles. The van der Waals surface area contributed by atoms with Crippen LogP contribution in [0, 0.1) is 0 Å². The molecule has 0 spiro atoms. The van der Waals surface area contributed by atoms with Gasteiger partial charge in [-0.25, -0.2) is 0 Å². The molecular weight excluding hydrogens is 326 g/mol. The highest BCUT2D eigenvalue weighted by Crippen LogP contribution is 2.28. The Bertz CT molecular complexity index is 697. The van der Waals surface area contributed by atoms with Gasteiger partial charge in [-0.05, 0) is 37.2 Å². The Morgan fingerprint density at radius 1 is 1.00 bits per heavy atom. The molecule has 2 aromatic rings. The van der Waals surface area contributed by atoms with Crippen molar-refractivity contribution >= 4 is 11.6 Å². The minimum absolute atomic E-state index is 0.00610. The van der Waals surface area contributed by atoms with Crippen LogP contribution in [0.1, 0.15) is 16.8 Å². The van der Waals surface area contributed by atoms with Crippen molar-refractivity contribution in [2.75, 3.05) is 51.3 Å². The summed E-state index contributed by atoms with van der Waals surface area (Å²) in [4.78, 5) is 16.9. The zero-order chi connectivity index (χ0) is 18.2. The van der Waals surface area contributed by atoms with Crippen molar-refractivity contribution in [2.45, 2.75) is 6.42 Å². The molecule has 1 aliphatic heterocycles. The highest BCUT2D eigenvalue weighted by atomic mass is 16.5. The highest BCUT2D eigenvalue weighted by molar-refractivity contribution is 5.94. The second-order valence-corrected chi connectivity index (χ2v) is 6.48.